The number of hydrogen-bond donors (Lipinski definition) is 4. The summed E-state index contributed by atoms with van der Waals surface area (Å²) in [5, 5.41) is 10.9. The van der Waals surface area contributed by atoms with Gasteiger partial charge in [0.2, 0.25) is 11.8 Å². The zero-order valence-electron chi connectivity index (χ0n) is 22.5. The maximum absolute atomic E-state index is 15.9. The monoisotopic (exact) mass is 549 g/mol. The van der Waals surface area contributed by atoms with E-state index in [2.05, 4.69) is 41.7 Å². The maximum atomic E-state index is 15.9. The average molecular weight is 550 g/mol. The average Bonchev–Trinajstić information content (AvgIpc) is 3.51. The van der Waals surface area contributed by atoms with Crippen molar-refractivity contribution in [1.29, 1.82) is 0 Å². The van der Waals surface area contributed by atoms with Gasteiger partial charge in [-0.3, -0.25) is 14.4 Å². The number of aromatic nitrogens is 1. The number of benzene rings is 2. The highest BCUT2D eigenvalue weighted by Gasteiger charge is 2.66. The Kier molecular flexibility index (Phi) is 6.59. The van der Waals surface area contributed by atoms with Crippen LogP contribution in [0.2, 0.25) is 0 Å². The van der Waals surface area contributed by atoms with Crippen LogP contribution in [-0.4, -0.2) is 34.8 Å². The summed E-state index contributed by atoms with van der Waals surface area (Å²) in [5.74, 6) is -2.77. The minimum atomic E-state index is -1.26. The quantitative estimate of drug-likeness (QED) is 0.376. The minimum absolute atomic E-state index is 0.0394. The van der Waals surface area contributed by atoms with Crippen LogP contribution < -0.4 is 21.7 Å². The first-order valence-electron chi connectivity index (χ1n) is 12.8. The third-order valence-corrected chi connectivity index (χ3v) is 8.40. The van der Waals surface area contributed by atoms with Crippen molar-refractivity contribution in [2.24, 2.45) is 11.1 Å². The molecule has 2 aromatic carbocycles. The van der Waals surface area contributed by atoms with Gasteiger partial charge in [0.05, 0.1) is 6.04 Å². The van der Waals surface area contributed by atoms with E-state index in [-0.39, 0.29) is 22.1 Å². The van der Waals surface area contributed by atoms with Crippen molar-refractivity contribution in [2.45, 2.75) is 64.5 Å². The predicted octanol–water partition coefficient (Wildman–Crippen LogP) is 4.39. The Labute approximate surface area is 230 Å². The number of nitrogens with one attached hydrogen (secondary N) is 3. The number of hydrogen-bond acceptors (Lipinski definition) is 6. The molecule has 10 heteroatoms. The van der Waals surface area contributed by atoms with Crippen molar-refractivity contribution in [3.05, 3.63) is 75.5 Å². The van der Waals surface area contributed by atoms with Crippen LogP contribution in [0.4, 0.5) is 15.2 Å². The van der Waals surface area contributed by atoms with Crippen LogP contribution in [0.1, 0.15) is 65.9 Å². The highest BCUT2D eigenvalue weighted by atomic mass is 32.1. The van der Waals surface area contributed by atoms with Gasteiger partial charge < -0.3 is 21.7 Å². The Hall–Kier alpha value is -3.63. The van der Waals surface area contributed by atoms with E-state index in [0.29, 0.717) is 23.2 Å². The van der Waals surface area contributed by atoms with Crippen LogP contribution in [0.5, 0.6) is 0 Å². The molecule has 39 heavy (non-hydrogen) atoms. The maximum Gasteiger partial charge on any atom is 0.268 e. The lowest BCUT2D eigenvalue weighted by atomic mass is 9.62. The number of amides is 3. The van der Waals surface area contributed by atoms with E-state index in [1.165, 1.54) is 5.38 Å². The van der Waals surface area contributed by atoms with Gasteiger partial charge >= 0.3 is 0 Å². The molecule has 5 rings (SSSR count). The molecule has 3 amide bonds. The van der Waals surface area contributed by atoms with Crippen LogP contribution in [0.25, 0.3) is 0 Å². The summed E-state index contributed by atoms with van der Waals surface area (Å²) < 4.78 is 15.9. The molecule has 0 aliphatic carbocycles. The lowest BCUT2D eigenvalue weighted by Crippen LogP contribution is -2.49. The van der Waals surface area contributed by atoms with Crippen molar-refractivity contribution in [1.82, 2.24) is 10.3 Å². The first-order chi connectivity index (χ1) is 18.3. The number of aryl methyl sites for hydroxylation is 2. The van der Waals surface area contributed by atoms with Crippen LogP contribution in [0.3, 0.4) is 0 Å². The van der Waals surface area contributed by atoms with Crippen molar-refractivity contribution < 1.29 is 18.8 Å². The highest BCUT2D eigenvalue weighted by molar-refractivity contribution is 7.14. The second kappa shape index (κ2) is 9.53. The number of rotatable bonds is 5. The van der Waals surface area contributed by atoms with Gasteiger partial charge in [0.1, 0.15) is 16.9 Å². The van der Waals surface area contributed by atoms with Gasteiger partial charge in [0.15, 0.2) is 5.13 Å². The number of nitrogens with two attached hydrogens (primary N) is 1. The summed E-state index contributed by atoms with van der Waals surface area (Å²) in [6.07, 6.45) is 0.546. The number of carbonyl (C=O) groups excluding carboxylic acids is 3. The molecule has 5 N–H and O–H groups in total. The summed E-state index contributed by atoms with van der Waals surface area (Å²) in [5.41, 5.74) is 7.00. The normalized spacial score (nSPS) is 24.1. The van der Waals surface area contributed by atoms with Gasteiger partial charge in [-0.05, 0) is 54.0 Å². The second-order valence-corrected chi connectivity index (χ2v) is 12.5. The van der Waals surface area contributed by atoms with Crippen molar-refractivity contribution in [2.75, 3.05) is 10.6 Å². The fraction of sp³-hybridized carbons (Fsp3) is 0.379. The first kappa shape index (κ1) is 27.0. The molecule has 3 heterocycles. The fourth-order valence-corrected chi connectivity index (χ4v) is 6.77. The molecule has 1 spiro atoms. The molecule has 0 saturated carbocycles. The van der Waals surface area contributed by atoms with Crippen molar-refractivity contribution in [3.8, 4) is 0 Å². The van der Waals surface area contributed by atoms with Gasteiger partial charge in [0, 0.05) is 23.0 Å². The Morgan fingerprint density at radius 1 is 1.21 bits per heavy atom. The lowest BCUT2D eigenvalue weighted by molar-refractivity contribution is -0.122. The van der Waals surface area contributed by atoms with E-state index < -0.39 is 41.0 Å². The third-order valence-electron chi connectivity index (χ3n) is 7.64. The number of anilines is 2. The van der Waals surface area contributed by atoms with Crippen LogP contribution in [0.15, 0.2) is 41.8 Å². The van der Waals surface area contributed by atoms with Gasteiger partial charge in [-0.1, -0.05) is 51.1 Å². The highest BCUT2D eigenvalue weighted by Crippen LogP contribution is 2.57. The third kappa shape index (κ3) is 4.51. The molecular formula is C29H32FN5O3S. The Balaban J connectivity index is 1.71. The molecule has 1 fully saturated rings. The minimum Gasteiger partial charge on any atom is -0.364 e. The first-order valence-corrected chi connectivity index (χ1v) is 13.7. The molecule has 4 atom stereocenters. The zero-order chi connectivity index (χ0) is 28.3. The molecular weight excluding hydrogens is 517 g/mol. The molecule has 1 saturated heterocycles. The van der Waals surface area contributed by atoms with Crippen molar-refractivity contribution >= 4 is 39.9 Å². The Morgan fingerprint density at radius 2 is 1.95 bits per heavy atom. The molecule has 2 aliphatic rings. The summed E-state index contributed by atoms with van der Waals surface area (Å²) in [6, 6.07) is 9.37. The van der Waals surface area contributed by atoms with Gasteiger partial charge in [0.25, 0.3) is 5.91 Å². The van der Waals surface area contributed by atoms with Crippen LogP contribution in [0, 0.1) is 25.1 Å². The summed E-state index contributed by atoms with van der Waals surface area (Å²) in [6.45, 7) is 9.83. The summed E-state index contributed by atoms with van der Waals surface area (Å²) in [4.78, 5) is 43.8. The summed E-state index contributed by atoms with van der Waals surface area (Å²) >= 11 is 1.07. The van der Waals surface area contributed by atoms with E-state index in [1.54, 1.807) is 25.1 Å². The van der Waals surface area contributed by atoms with E-state index >= 15 is 4.39 Å². The Bertz CT molecular complexity index is 1500. The summed E-state index contributed by atoms with van der Waals surface area (Å²) in [7, 11) is 0. The molecule has 2 aliphatic heterocycles. The predicted molar refractivity (Wildman–Crippen MR) is 149 cm³/mol. The number of thiazole rings is 1. The molecule has 204 valence electrons. The van der Waals surface area contributed by atoms with Gasteiger partial charge in [-0.25, -0.2) is 9.37 Å². The molecule has 1 aromatic heterocycles. The molecule has 8 nitrogen and oxygen atoms in total. The number of halogens is 1. The number of fused-ring (bicyclic) bond motifs is 2. The fourth-order valence-electron chi connectivity index (χ4n) is 6.07. The smallest absolute Gasteiger partial charge is 0.268 e. The molecule has 2 unspecified atom stereocenters. The van der Waals surface area contributed by atoms with Gasteiger partial charge in [-0.2, -0.15) is 0 Å². The zero-order valence-corrected chi connectivity index (χ0v) is 23.3. The van der Waals surface area contributed by atoms with E-state index in [4.69, 9.17) is 5.73 Å². The van der Waals surface area contributed by atoms with E-state index in [1.807, 2.05) is 25.1 Å². The van der Waals surface area contributed by atoms with Gasteiger partial charge in [-0.15, -0.1) is 11.3 Å². The number of carbonyl (C=O) groups is 3. The van der Waals surface area contributed by atoms with Crippen LogP contribution in [-0.2, 0) is 15.0 Å². The number of primary amides is 1. The van der Waals surface area contributed by atoms with Crippen LogP contribution >= 0.6 is 11.3 Å². The van der Waals surface area contributed by atoms with Crippen molar-refractivity contribution in [3.63, 3.8) is 0 Å². The largest absolute Gasteiger partial charge is 0.364 e. The second-order valence-electron chi connectivity index (χ2n) is 11.7. The molecule has 0 bridgehead atoms. The number of nitrogens with zero attached hydrogens (tertiary/aromatic N) is 1. The molecule has 0 radical (unpaired) electrons. The Morgan fingerprint density at radius 3 is 2.62 bits per heavy atom. The topological polar surface area (TPSA) is 126 Å². The van der Waals surface area contributed by atoms with E-state index in [0.717, 1.165) is 22.5 Å². The molecule has 3 aromatic rings. The lowest BCUT2D eigenvalue weighted by Gasteiger charge is -2.37. The standard InChI is InChI=1S/C29H32FN5O3S/c1-14-9-10-17-18(11-14)32-26(38)29(17)20(12-28(3,4)5)34-23(21(29)16-8-6-7-15(2)22(16)30)25(37)35-27-33-19(13-39-27)24(31)36/h6-11,13,20-21,23,34H,12H2,1-5H3,(H2,31,36)(H,32,38)(H,33,35,37)/t20?,21?,23-,29-/m1/s1. The van der Waals surface area contributed by atoms with E-state index in [9.17, 15) is 14.4 Å². The SMILES string of the molecule is Cc1ccc2c(c1)NC(=O)[C@@]21C(CC(C)(C)C)N[C@@H](C(=O)Nc2nc(C(N)=O)cs2)C1c1cccc(C)c1F.